The number of nitrogens with one attached hydrogen (secondary N) is 1. The van der Waals surface area contributed by atoms with Gasteiger partial charge in [0.1, 0.15) is 11.5 Å². The number of carbonyl (C=O) groups is 1. The minimum Gasteiger partial charge on any atom is -0.460 e. The zero-order valence-corrected chi connectivity index (χ0v) is 12.0. The molecule has 1 N–H and O–H groups in total. The molecule has 0 fully saturated rings. The van der Waals surface area contributed by atoms with Crippen LogP contribution in [-0.4, -0.2) is 12.1 Å². The summed E-state index contributed by atoms with van der Waals surface area (Å²) >= 11 is 3.32. The predicted octanol–water partition coefficient (Wildman–Crippen LogP) is 3.37. The van der Waals surface area contributed by atoms with Gasteiger partial charge in [0, 0.05) is 10.9 Å². The highest BCUT2D eigenvalue weighted by Crippen LogP contribution is 2.15. The van der Waals surface area contributed by atoms with Gasteiger partial charge in [-0.15, -0.1) is 0 Å². The number of halogens is 1. The molecule has 2 aromatic rings. The Morgan fingerprint density at radius 2 is 2.16 bits per heavy atom. The highest BCUT2D eigenvalue weighted by atomic mass is 79.9. The number of carbonyl (C=O) groups excluding carboxylic acids is 1. The van der Waals surface area contributed by atoms with Crippen molar-refractivity contribution >= 4 is 28.1 Å². The summed E-state index contributed by atoms with van der Waals surface area (Å²) in [6, 6.07) is 10.9. The van der Waals surface area contributed by atoms with E-state index in [0.717, 1.165) is 16.7 Å². The first-order chi connectivity index (χ1) is 9.20. The van der Waals surface area contributed by atoms with Crippen LogP contribution < -0.4 is 5.43 Å². The van der Waals surface area contributed by atoms with Crippen molar-refractivity contribution in [1.29, 1.82) is 0 Å². The number of aryl methyl sites for hydroxylation is 1. The van der Waals surface area contributed by atoms with E-state index >= 15 is 0 Å². The Kier molecular flexibility index (Phi) is 4.52. The van der Waals surface area contributed by atoms with Crippen LogP contribution in [-0.2, 0) is 6.42 Å². The maximum absolute atomic E-state index is 11.8. The Morgan fingerprint density at radius 3 is 2.84 bits per heavy atom. The number of hydrazone groups is 1. The molecule has 98 valence electrons. The van der Waals surface area contributed by atoms with Crippen LogP contribution in [0.5, 0.6) is 0 Å². The van der Waals surface area contributed by atoms with E-state index < -0.39 is 0 Å². The molecule has 1 aromatic carbocycles. The third-order valence-electron chi connectivity index (χ3n) is 2.51. The molecule has 0 spiro atoms. The molecule has 1 aromatic heterocycles. The average molecular weight is 321 g/mol. The zero-order valence-electron chi connectivity index (χ0n) is 10.4. The molecule has 0 aliphatic heterocycles. The fraction of sp³-hybridized carbons (Fsp3) is 0.143. The summed E-state index contributed by atoms with van der Waals surface area (Å²) in [5, 5.41) is 3.87. The standard InChI is InChI=1S/C14H13BrN2O2/c1-2-10-7-8-11(19-10)9-16-17-14(18)12-5-3-4-6-13(12)15/h3-9H,2H2,1H3,(H,17,18)/b16-9+. The maximum Gasteiger partial charge on any atom is 0.272 e. The van der Waals surface area contributed by atoms with E-state index in [2.05, 4.69) is 26.5 Å². The Hall–Kier alpha value is -1.88. The third-order valence-corrected chi connectivity index (χ3v) is 3.20. The molecular formula is C14H13BrN2O2. The molecule has 1 heterocycles. The molecule has 0 bridgehead atoms. The van der Waals surface area contributed by atoms with Crippen molar-refractivity contribution in [2.75, 3.05) is 0 Å². The molecular weight excluding hydrogens is 308 g/mol. The second-order valence-corrected chi connectivity index (χ2v) is 4.69. The van der Waals surface area contributed by atoms with Gasteiger partial charge in [-0.2, -0.15) is 5.10 Å². The Balaban J connectivity index is 1.99. The second kappa shape index (κ2) is 6.33. The number of hydrogen-bond acceptors (Lipinski definition) is 3. The molecule has 0 saturated carbocycles. The van der Waals surface area contributed by atoms with Crippen LogP contribution in [0.1, 0.15) is 28.8 Å². The molecule has 5 heteroatoms. The van der Waals surface area contributed by atoms with Crippen molar-refractivity contribution in [3.63, 3.8) is 0 Å². The van der Waals surface area contributed by atoms with E-state index in [9.17, 15) is 4.79 Å². The molecule has 0 aliphatic rings. The fourth-order valence-electron chi connectivity index (χ4n) is 1.51. The first-order valence-electron chi connectivity index (χ1n) is 5.87. The number of hydrogen-bond donors (Lipinski definition) is 1. The van der Waals surface area contributed by atoms with E-state index in [1.807, 2.05) is 25.1 Å². The summed E-state index contributed by atoms with van der Waals surface area (Å²) in [7, 11) is 0. The van der Waals surface area contributed by atoms with E-state index in [1.165, 1.54) is 6.21 Å². The molecule has 4 nitrogen and oxygen atoms in total. The minimum atomic E-state index is -0.272. The zero-order chi connectivity index (χ0) is 13.7. The number of rotatable bonds is 4. The Morgan fingerprint density at radius 1 is 1.37 bits per heavy atom. The Bertz CT molecular complexity index is 605. The van der Waals surface area contributed by atoms with Gasteiger partial charge in [0.05, 0.1) is 11.8 Å². The first-order valence-corrected chi connectivity index (χ1v) is 6.66. The SMILES string of the molecule is CCc1ccc(/C=N/NC(=O)c2ccccc2Br)o1. The highest BCUT2D eigenvalue weighted by molar-refractivity contribution is 9.10. The van der Waals surface area contributed by atoms with Crippen molar-refractivity contribution in [1.82, 2.24) is 5.43 Å². The van der Waals surface area contributed by atoms with Gasteiger partial charge in [-0.25, -0.2) is 5.43 Å². The second-order valence-electron chi connectivity index (χ2n) is 3.84. The van der Waals surface area contributed by atoms with E-state index in [-0.39, 0.29) is 5.91 Å². The first kappa shape index (κ1) is 13.5. The summed E-state index contributed by atoms with van der Waals surface area (Å²) in [5.74, 6) is 1.23. The van der Waals surface area contributed by atoms with Crippen LogP contribution in [0, 0.1) is 0 Å². The molecule has 0 atom stereocenters. The topological polar surface area (TPSA) is 54.6 Å². The van der Waals surface area contributed by atoms with Crippen molar-refractivity contribution in [2.45, 2.75) is 13.3 Å². The number of amides is 1. The van der Waals surface area contributed by atoms with Crippen LogP contribution >= 0.6 is 15.9 Å². The molecule has 0 saturated heterocycles. The van der Waals surface area contributed by atoms with E-state index in [1.54, 1.807) is 18.2 Å². The minimum absolute atomic E-state index is 0.272. The summed E-state index contributed by atoms with van der Waals surface area (Å²) in [6.07, 6.45) is 2.31. The van der Waals surface area contributed by atoms with Crippen LogP contribution in [0.2, 0.25) is 0 Å². The lowest BCUT2D eigenvalue weighted by Gasteiger charge is -2.01. The summed E-state index contributed by atoms with van der Waals surface area (Å²) in [5.41, 5.74) is 2.99. The number of furan rings is 1. The van der Waals surface area contributed by atoms with Crippen molar-refractivity contribution < 1.29 is 9.21 Å². The summed E-state index contributed by atoms with van der Waals surface area (Å²) in [4.78, 5) is 11.8. The van der Waals surface area contributed by atoms with Gasteiger partial charge in [-0.1, -0.05) is 19.1 Å². The molecule has 0 unspecified atom stereocenters. The van der Waals surface area contributed by atoms with Gasteiger partial charge in [0.15, 0.2) is 0 Å². The lowest BCUT2D eigenvalue weighted by molar-refractivity contribution is 0.0954. The van der Waals surface area contributed by atoms with Gasteiger partial charge in [-0.05, 0) is 40.2 Å². The van der Waals surface area contributed by atoms with Gasteiger partial charge < -0.3 is 4.42 Å². The molecule has 2 rings (SSSR count). The average Bonchev–Trinajstić information content (AvgIpc) is 2.87. The van der Waals surface area contributed by atoms with E-state index in [0.29, 0.717) is 11.3 Å². The van der Waals surface area contributed by atoms with Crippen LogP contribution in [0.3, 0.4) is 0 Å². The molecule has 19 heavy (non-hydrogen) atoms. The van der Waals surface area contributed by atoms with Gasteiger partial charge in [-0.3, -0.25) is 4.79 Å². The van der Waals surface area contributed by atoms with Crippen molar-refractivity contribution in [2.24, 2.45) is 5.10 Å². The predicted molar refractivity (Wildman–Crippen MR) is 77.3 cm³/mol. The molecule has 1 amide bonds. The highest BCUT2D eigenvalue weighted by Gasteiger charge is 2.07. The smallest absolute Gasteiger partial charge is 0.272 e. The quantitative estimate of drug-likeness (QED) is 0.693. The lowest BCUT2D eigenvalue weighted by atomic mass is 10.2. The monoisotopic (exact) mass is 320 g/mol. The number of benzene rings is 1. The van der Waals surface area contributed by atoms with Crippen molar-refractivity contribution in [3.05, 3.63) is 58.0 Å². The van der Waals surface area contributed by atoms with Crippen LogP contribution in [0.4, 0.5) is 0 Å². The fourth-order valence-corrected chi connectivity index (χ4v) is 1.98. The van der Waals surface area contributed by atoms with Gasteiger partial charge in [0.25, 0.3) is 5.91 Å². The van der Waals surface area contributed by atoms with E-state index in [4.69, 9.17) is 4.42 Å². The normalized spacial score (nSPS) is 10.8. The number of nitrogens with zero attached hydrogens (tertiary/aromatic N) is 1. The van der Waals surface area contributed by atoms with Crippen LogP contribution in [0.15, 0.2) is 50.4 Å². The van der Waals surface area contributed by atoms with Gasteiger partial charge in [0.2, 0.25) is 0 Å². The van der Waals surface area contributed by atoms with Gasteiger partial charge >= 0.3 is 0 Å². The summed E-state index contributed by atoms with van der Waals surface area (Å²) < 4.78 is 6.16. The summed E-state index contributed by atoms with van der Waals surface area (Å²) in [6.45, 7) is 2.01. The molecule has 0 radical (unpaired) electrons. The van der Waals surface area contributed by atoms with Crippen LogP contribution in [0.25, 0.3) is 0 Å². The lowest BCUT2D eigenvalue weighted by Crippen LogP contribution is -2.17. The van der Waals surface area contributed by atoms with Crippen molar-refractivity contribution in [3.8, 4) is 0 Å². The molecule has 0 aliphatic carbocycles. The largest absolute Gasteiger partial charge is 0.460 e. The third kappa shape index (κ3) is 3.54. The maximum atomic E-state index is 11.8. The Labute approximate surface area is 119 Å².